The van der Waals surface area contributed by atoms with Crippen molar-refractivity contribution < 1.29 is 18.8 Å². The lowest BCUT2D eigenvalue weighted by Crippen LogP contribution is -2.27. The van der Waals surface area contributed by atoms with Gasteiger partial charge in [0.05, 0.1) is 0 Å². The fraction of sp³-hybridized carbons (Fsp3) is 0.300. The number of benzene rings is 2. The van der Waals surface area contributed by atoms with Crippen LogP contribution >= 0.6 is 0 Å². The number of nitrogens with zero attached hydrogens (tertiary/aromatic N) is 1. The molecule has 6 nitrogen and oxygen atoms in total. The number of aromatic nitrogens is 1. The molecule has 0 spiro atoms. The molecule has 0 unspecified atom stereocenters. The highest BCUT2D eigenvalue weighted by atomic mass is 16.6. The summed E-state index contributed by atoms with van der Waals surface area (Å²) in [5, 5.41) is 7.68. The summed E-state index contributed by atoms with van der Waals surface area (Å²) in [4.78, 5) is 11.9. The van der Waals surface area contributed by atoms with Gasteiger partial charge >= 0.3 is 6.09 Å². The largest absolute Gasteiger partial charge is 0.457 e. The Balaban J connectivity index is 1.73. The van der Waals surface area contributed by atoms with Crippen molar-refractivity contribution in [3.8, 4) is 11.5 Å². The van der Waals surface area contributed by atoms with Crippen LogP contribution in [0.15, 0.2) is 40.9 Å². The standard InChI is InChI=1S/C20H22N2O4/c1-12-10-14(21-19(23)25-20(3,4)5)6-9-18(12)24-15-7-8-16-13(2)26-22-17(16)11-15/h6-11H,1-5H3,(H,21,23). The molecule has 1 amide bonds. The molecule has 1 aromatic heterocycles. The van der Waals surface area contributed by atoms with E-state index < -0.39 is 11.7 Å². The van der Waals surface area contributed by atoms with Crippen LogP contribution in [-0.4, -0.2) is 16.9 Å². The van der Waals surface area contributed by atoms with Gasteiger partial charge in [-0.2, -0.15) is 0 Å². The number of aryl methyl sites for hydroxylation is 2. The molecular weight excluding hydrogens is 332 g/mol. The van der Waals surface area contributed by atoms with Gasteiger partial charge in [-0.1, -0.05) is 5.16 Å². The van der Waals surface area contributed by atoms with E-state index in [-0.39, 0.29) is 0 Å². The average molecular weight is 354 g/mol. The van der Waals surface area contributed by atoms with E-state index in [9.17, 15) is 4.79 Å². The van der Waals surface area contributed by atoms with E-state index in [4.69, 9.17) is 14.0 Å². The first-order valence-electron chi connectivity index (χ1n) is 8.36. The van der Waals surface area contributed by atoms with Gasteiger partial charge in [0, 0.05) is 17.1 Å². The summed E-state index contributed by atoms with van der Waals surface area (Å²) in [6.45, 7) is 9.25. The van der Waals surface area contributed by atoms with Crippen LogP contribution in [0.5, 0.6) is 11.5 Å². The lowest BCUT2D eigenvalue weighted by Gasteiger charge is -2.20. The Hall–Kier alpha value is -3.02. The number of nitrogens with one attached hydrogen (secondary N) is 1. The Morgan fingerprint density at radius 3 is 2.58 bits per heavy atom. The number of carbonyl (C=O) groups is 1. The number of hydrogen-bond acceptors (Lipinski definition) is 5. The molecule has 0 saturated heterocycles. The molecule has 1 N–H and O–H groups in total. The first-order valence-corrected chi connectivity index (χ1v) is 8.36. The monoisotopic (exact) mass is 354 g/mol. The van der Waals surface area contributed by atoms with Crippen molar-refractivity contribution in [3.63, 3.8) is 0 Å². The molecular formula is C20H22N2O4. The zero-order valence-corrected chi connectivity index (χ0v) is 15.5. The number of hydrogen-bond donors (Lipinski definition) is 1. The average Bonchev–Trinajstić information content (AvgIpc) is 2.89. The zero-order chi connectivity index (χ0) is 18.9. The molecule has 0 aliphatic heterocycles. The van der Waals surface area contributed by atoms with Crippen LogP contribution in [0.25, 0.3) is 10.9 Å². The molecule has 1 heterocycles. The summed E-state index contributed by atoms with van der Waals surface area (Å²) in [6.07, 6.45) is -0.488. The number of anilines is 1. The van der Waals surface area contributed by atoms with E-state index in [0.717, 1.165) is 22.2 Å². The third-order valence-corrected chi connectivity index (χ3v) is 3.68. The maximum Gasteiger partial charge on any atom is 0.412 e. The van der Waals surface area contributed by atoms with Crippen molar-refractivity contribution in [2.24, 2.45) is 0 Å². The van der Waals surface area contributed by atoms with E-state index in [0.29, 0.717) is 17.2 Å². The van der Waals surface area contributed by atoms with Crippen LogP contribution in [0.2, 0.25) is 0 Å². The molecule has 3 rings (SSSR count). The topological polar surface area (TPSA) is 73.6 Å². The molecule has 0 aliphatic carbocycles. The molecule has 0 saturated carbocycles. The van der Waals surface area contributed by atoms with Crippen LogP contribution < -0.4 is 10.1 Å². The molecule has 0 aliphatic rings. The van der Waals surface area contributed by atoms with Gasteiger partial charge in [-0.05, 0) is 70.5 Å². The number of fused-ring (bicyclic) bond motifs is 1. The first-order chi connectivity index (χ1) is 12.2. The molecule has 26 heavy (non-hydrogen) atoms. The third-order valence-electron chi connectivity index (χ3n) is 3.68. The second-order valence-corrected chi connectivity index (χ2v) is 7.13. The van der Waals surface area contributed by atoms with Gasteiger partial charge in [0.1, 0.15) is 28.4 Å². The molecule has 0 radical (unpaired) electrons. The quantitative estimate of drug-likeness (QED) is 0.664. The molecule has 0 fully saturated rings. The van der Waals surface area contributed by atoms with E-state index in [1.807, 2.05) is 58.9 Å². The SMILES string of the molecule is Cc1cc(NC(=O)OC(C)(C)C)ccc1Oc1ccc2c(C)onc2c1. The van der Waals surface area contributed by atoms with Crippen molar-refractivity contribution in [3.05, 3.63) is 47.7 Å². The Bertz CT molecular complexity index is 954. The summed E-state index contributed by atoms with van der Waals surface area (Å²) in [5.74, 6) is 2.14. The number of amides is 1. The minimum absolute atomic E-state index is 0.488. The smallest absolute Gasteiger partial charge is 0.412 e. The second kappa shape index (κ2) is 6.71. The Morgan fingerprint density at radius 2 is 1.88 bits per heavy atom. The number of ether oxygens (including phenoxy) is 2. The minimum Gasteiger partial charge on any atom is -0.457 e. The van der Waals surface area contributed by atoms with Gasteiger partial charge < -0.3 is 14.0 Å². The highest BCUT2D eigenvalue weighted by Gasteiger charge is 2.16. The number of carbonyl (C=O) groups excluding carboxylic acids is 1. The Labute approximate surface area is 152 Å². The summed E-state index contributed by atoms with van der Waals surface area (Å²) in [6, 6.07) is 11.0. The fourth-order valence-corrected chi connectivity index (χ4v) is 2.51. The van der Waals surface area contributed by atoms with Crippen molar-refractivity contribution >= 4 is 22.7 Å². The Kier molecular flexibility index (Phi) is 4.59. The lowest BCUT2D eigenvalue weighted by molar-refractivity contribution is 0.0636. The second-order valence-electron chi connectivity index (χ2n) is 7.13. The predicted octanol–water partition coefficient (Wildman–Crippen LogP) is 5.58. The van der Waals surface area contributed by atoms with Crippen molar-refractivity contribution in [1.29, 1.82) is 0 Å². The normalized spacial score (nSPS) is 11.4. The highest BCUT2D eigenvalue weighted by Crippen LogP contribution is 2.30. The van der Waals surface area contributed by atoms with Gasteiger partial charge in [0.25, 0.3) is 0 Å². The highest BCUT2D eigenvalue weighted by molar-refractivity contribution is 5.85. The van der Waals surface area contributed by atoms with Gasteiger partial charge in [0.15, 0.2) is 0 Å². The summed E-state index contributed by atoms with van der Waals surface area (Å²) < 4.78 is 16.4. The van der Waals surface area contributed by atoms with Crippen LogP contribution in [0, 0.1) is 13.8 Å². The van der Waals surface area contributed by atoms with Gasteiger partial charge in [-0.3, -0.25) is 5.32 Å². The summed E-state index contributed by atoms with van der Waals surface area (Å²) in [7, 11) is 0. The maximum absolute atomic E-state index is 11.9. The maximum atomic E-state index is 11.9. The molecule has 136 valence electrons. The van der Waals surface area contributed by atoms with Crippen molar-refractivity contribution in [1.82, 2.24) is 5.16 Å². The van der Waals surface area contributed by atoms with E-state index in [2.05, 4.69) is 10.5 Å². The molecule has 6 heteroatoms. The van der Waals surface area contributed by atoms with Crippen LogP contribution in [-0.2, 0) is 4.74 Å². The predicted molar refractivity (Wildman–Crippen MR) is 99.9 cm³/mol. The molecule has 0 bridgehead atoms. The summed E-state index contributed by atoms with van der Waals surface area (Å²) in [5.41, 5.74) is 1.74. The van der Waals surface area contributed by atoms with Gasteiger partial charge in [0.2, 0.25) is 0 Å². The van der Waals surface area contributed by atoms with Crippen molar-refractivity contribution in [2.45, 2.75) is 40.2 Å². The van der Waals surface area contributed by atoms with Crippen LogP contribution in [0.4, 0.5) is 10.5 Å². The first kappa shape index (κ1) is 17.8. The zero-order valence-electron chi connectivity index (χ0n) is 15.5. The molecule has 2 aromatic carbocycles. The molecule has 0 atom stereocenters. The number of rotatable bonds is 3. The third kappa shape index (κ3) is 4.14. The minimum atomic E-state index is -0.541. The van der Waals surface area contributed by atoms with E-state index in [1.54, 1.807) is 12.1 Å². The van der Waals surface area contributed by atoms with E-state index >= 15 is 0 Å². The van der Waals surface area contributed by atoms with E-state index in [1.165, 1.54) is 0 Å². The van der Waals surface area contributed by atoms with Crippen molar-refractivity contribution in [2.75, 3.05) is 5.32 Å². The van der Waals surface area contributed by atoms with Gasteiger partial charge in [-0.25, -0.2) is 4.79 Å². The van der Waals surface area contributed by atoms with Crippen LogP contribution in [0.3, 0.4) is 0 Å². The fourth-order valence-electron chi connectivity index (χ4n) is 2.51. The van der Waals surface area contributed by atoms with Gasteiger partial charge in [-0.15, -0.1) is 0 Å². The Morgan fingerprint density at radius 1 is 1.12 bits per heavy atom. The molecule has 3 aromatic rings. The lowest BCUT2D eigenvalue weighted by atomic mass is 10.2. The van der Waals surface area contributed by atoms with Crippen LogP contribution in [0.1, 0.15) is 32.1 Å². The summed E-state index contributed by atoms with van der Waals surface area (Å²) >= 11 is 0.